The average Bonchev–Trinajstić information content (AvgIpc) is 1.52. The molecule has 0 saturated carbocycles. The van der Waals surface area contributed by atoms with Crippen molar-refractivity contribution >= 4 is 56.1 Å². The van der Waals surface area contributed by atoms with Crippen molar-refractivity contribution in [2.24, 2.45) is 0 Å². The number of anilines is 6. The molecule has 1 heterocycles. The Hall–Kier alpha value is -14.6. The van der Waals surface area contributed by atoms with E-state index in [0.29, 0.717) is 0 Å². The van der Waals surface area contributed by atoms with Crippen molar-refractivity contribution in [1.29, 1.82) is 0 Å². The maximum Gasteiger partial charge on any atom is 0.135 e. The molecule has 0 saturated heterocycles. The van der Waals surface area contributed by atoms with Crippen molar-refractivity contribution in [2.45, 2.75) is 16.2 Å². The standard InChI is InChI=1S/C111H68N2O/c1-3-28-69(29-4-1)71-32-25-33-74(64-71)112(76-58-60-84-82-39-11-20-47-94(82)111(101(84)68-76)92-45-18-9-37-80(92)81-38-10-19-46-93(81)111)103-54-26-51-99-107(103)85-41-13-23-50-97(85)110(99)95-48-21-12-40-83(95)87-65-72(56-61-98(87)110)73-57-62-105-88(66-73)89-67-75(59-63-106(89)114-105)113(102-53-24-15-34-77(102)70-30-5-2-6-31-70)104-55-27-52-100-108(104)86-42-14-22-49-96(86)109(100)90-43-16-7-35-78(90)79-36-8-17-44-91(79)109/h1-68H. The number of nitrogens with zero attached hydrogens (tertiary/aromatic N) is 2. The second-order valence-electron chi connectivity index (χ2n) is 31.5. The lowest BCUT2D eigenvalue weighted by molar-refractivity contribution is 0.669. The monoisotopic (exact) mass is 1440 g/mol. The molecule has 6 aliphatic rings. The Morgan fingerprint density at radius 3 is 1.04 bits per heavy atom. The Morgan fingerprint density at radius 1 is 0.167 bits per heavy atom. The molecule has 528 valence electrons. The number of furan rings is 1. The molecule has 0 amide bonds. The molecule has 0 fully saturated rings. The van der Waals surface area contributed by atoms with Crippen molar-refractivity contribution in [1.82, 2.24) is 0 Å². The zero-order chi connectivity index (χ0) is 74.5. The van der Waals surface area contributed by atoms with Gasteiger partial charge in [-0.15, -0.1) is 0 Å². The van der Waals surface area contributed by atoms with E-state index in [2.05, 4.69) is 422 Å². The molecule has 3 heteroatoms. The van der Waals surface area contributed by atoms with Crippen molar-refractivity contribution in [3.63, 3.8) is 0 Å². The van der Waals surface area contributed by atoms with Gasteiger partial charge < -0.3 is 14.2 Å². The van der Waals surface area contributed by atoms with E-state index in [4.69, 9.17) is 4.42 Å². The Morgan fingerprint density at radius 2 is 0.500 bits per heavy atom. The van der Waals surface area contributed by atoms with Crippen LogP contribution in [0.1, 0.15) is 66.8 Å². The predicted molar refractivity (Wildman–Crippen MR) is 468 cm³/mol. The Bertz CT molecular complexity index is 7230. The summed E-state index contributed by atoms with van der Waals surface area (Å²) in [5.74, 6) is 0. The summed E-state index contributed by atoms with van der Waals surface area (Å²) in [5, 5.41) is 2.11. The number of fused-ring (bicyclic) bond motifs is 33. The molecule has 0 aliphatic heterocycles. The fourth-order valence-corrected chi connectivity index (χ4v) is 22.0. The molecule has 0 N–H and O–H groups in total. The van der Waals surface area contributed by atoms with Crippen LogP contribution >= 0.6 is 0 Å². The average molecular weight is 1450 g/mol. The normalized spacial score (nSPS) is 14.8. The Kier molecular flexibility index (Phi) is 13.1. The predicted octanol–water partition coefficient (Wildman–Crippen LogP) is 28.6. The molecule has 1 atom stereocenters. The van der Waals surface area contributed by atoms with Crippen LogP contribution in [0.5, 0.6) is 0 Å². The first-order valence-corrected chi connectivity index (χ1v) is 39.8. The van der Waals surface area contributed by atoms with Gasteiger partial charge in [0, 0.05) is 44.5 Å². The number of para-hydroxylation sites is 1. The van der Waals surface area contributed by atoms with E-state index in [1.165, 1.54) is 139 Å². The first-order chi connectivity index (χ1) is 56.6. The number of rotatable bonds is 9. The highest BCUT2D eigenvalue weighted by molar-refractivity contribution is 6.11. The largest absolute Gasteiger partial charge is 0.456 e. The highest BCUT2D eigenvalue weighted by Crippen LogP contribution is 2.69. The Balaban J connectivity index is 0.655. The van der Waals surface area contributed by atoms with E-state index in [0.717, 1.165) is 83.9 Å². The zero-order valence-corrected chi connectivity index (χ0v) is 62.1. The van der Waals surface area contributed by atoms with E-state index < -0.39 is 16.2 Å². The topological polar surface area (TPSA) is 19.6 Å². The number of benzene rings is 18. The summed E-state index contributed by atoms with van der Waals surface area (Å²) in [7, 11) is 0. The van der Waals surface area contributed by atoms with Gasteiger partial charge in [0.1, 0.15) is 11.2 Å². The summed E-state index contributed by atoms with van der Waals surface area (Å²) in [6, 6.07) is 156. The van der Waals surface area contributed by atoms with Gasteiger partial charge in [-0.1, -0.05) is 334 Å². The number of hydrogen-bond acceptors (Lipinski definition) is 3. The van der Waals surface area contributed by atoms with Gasteiger partial charge in [-0.05, 0) is 229 Å². The summed E-state index contributed by atoms with van der Waals surface area (Å²) in [5.41, 5.74) is 44.2. The molecule has 0 bridgehead atoms. The molecule has 1 unspecified atom stereocenters. The van der Waals surface area contributed by atoms with Crippen molar-refractivity contribution in [2.75, 3.05) is 9.80 Å². The van der Waals surface area contributed by atoms with Crippen molar-refractivity contribution in [3.05, 3.63) is 479 Å². The SMILES string of the molecule is c1ccc(-c2cccc(N(c3ccc4c(c3)C3(c5ccccc5-c5ccccc53)c3ccccc3-4)c3cccc4c3-c3ccccc3C43c4ccccc4-c4cc(-c5ccc6oc7ccc(N(c8ccccc8-c8ccccc8)c8cccc9c8-c8ccccc8C98c9ccccc9-c9ccccc98)cc7c6c5)ccc43)c2)cc1. The minimum absolute atomic E-state index is 0.517. The third kappa shape index (κ3) is 8.28. The van der Waals surface area contributed by atoms with Gasteiger partial charge in [-0.25, -0.2) is 0 Å². The molecular formula is C111H68N2O. The van der Waals surface area contributed by atoms with Crippen LogP contribution in [-0.4, -0.2) is 0 Å². The highest BCUT2D eigenvalue weighted by atomic mass is 16.3. The van der Waals surface area contributed by atoms with Gasteiger partial charge in [0.25, 0.3) is 0 Å². The third-order valence-corrected chi connectivity index (χ3v) is 26.3. The molecule has 18 aromatic carbocycles. The van der Waals surface area contributed by atoms with Crippen LogP contribution in [0, 0.1) is 0 Å². The fraction of sp³-hybridized carbons (Fsp3) is 0.0270. The lowest BCUT2D eigenvalue weighted by Crippen LogP contribution is -2.26. The van der Waals surface area contributed by atoms with Crippen molar-refractivity contribution in [3.8, 4) is 100 Å². The van der Waals surface area contributed by atoms with Crippen LogP contribution in [0.25, 0.3) is 122 Å². The van der Waals surface area contributed by atoms with E-state index >= 15 is 0 Å². The lowest BCUT2D eigenvalue weighted by Gasteiger charge is -2.33. The minimum Gasteiger partial charge on any atom is -0.456 e. The van der Waals surface area contributed by atoms with E-state index in [1.54, 1.807) is 0 Å². The summed E-state index contributed by atoms with van der Waals surface area (Å²) in [6.45, 7) is 0. The van der Waals surface area contributed by atoms with Crippen LogP contribution in [0.4, 0.5) is 34.1 Å². The molecule has 3 nitrogen and oxygen atoms in total. The molecule has 19 aromatic rings. The quantitative estimate of drug-likeness (QED) is 0.144. The zero-order valence-electron chi connectivity index (χ0n) is 62.1. The second kappa shape index (κ2) is 23.7. The summed E-state index contributed by atoms with van der Waals surface area (Å²) in [4.78, 5) is 5.10. The van der Waals surface area contributed by atoms with Crippen LogP contribution in [0.2, 0.25) is 0 Å². The van der Waals surface area contributed by atoms with Crippen LogP contribution in [0.3, 0.4) is 0 Å². The van der Waals surface area contributed by atoms with Crippen LogP contribution in [0.15, 0.2) is 417 Å². The molecule has 6 aliphatic carbocycles. The van der Waals surface area contributed by atoms with E-state index in [1.807, 2.05) is 0 Å². The van der Waals surface area contributed by atoms with Gasteiger partial charge in [0.05, 0.1) is 33.3 Å². The molecular weight excluding hydrogens is 1380 g/mol. The van der Waals surface area contributed by atoms with Gasteiger partial charge in [-0.2, -0.15) is 0 Å². The highest BCUT2D eigenvalue weighted by Gasteiger charge is 2.56. The molecule has 0 radical (unpaired) electrons. The van der Waals surface area contributed by atoms with Gasteiger partial charge in [0.2, 0.25) is 0 Å². The maximum absolute atomic E-state index is 6.95. The summed E-state index contributed by atoms with van der Waals surface area (Å²) < 4.78 is 6.95. The summed E-state index contributed by atoms with van der Waals surface area (Å²) >= 11 is 0. The van der Waals surface area contributed by atoms with E-state index in [9.17, 15) is 0 Å². The van der Waals surface area contributed by atoms with E-state index in [-0.39, 0.29) is 0 Å². The third-order valence-electron chi connectivity index (χ3n) is 26.3. The summed E-state index contributed by atoms with van der Waals surface area (Å²) in [6.07, 6.45) is 0. The maximum atomic E-state index is 6.95. The smallest absolute Gasteiger partial charge is 0.135 e. The van der Waals surface area contributed by atoms with Crippen LogP contribution in [-0.2, 0) is 16.2 Å². The number of hydrogen-bond donors (Lipinski definition) is 0. The molecule has 114 heavy (non-hydrogen) atoms. The van der Waals surface area contributed by atoms with Crippen LogP contribution < -0.4 is 9.80 Å². The van der Waals surface area contributed by atoms with Gasteiger partial charge in [0.15, 0.2) is 0 Å². The lowest BCUT2D eigenvalue weighted by atomic mass is 9.70. The second-order valence-corrected chi connectivity index (χ2v) is 31.5. The van der Waals surface area contributed by atoms with Crippen molar-refractivity contribution < 1.29 is 4.42 Å². The molecule has 1 aromatic heterocycles. The Labute approximate surface area is 661 Å². The fourth-order valence-electron chi connectivity index (χ4n) is 22.0. The van der Waals surface area contributed by atoms with Gasteiger partial charge in [-0.3, -0.25) is 0 Å². The molecule has 25 rings (SSSR count). The molecule has 3 spiro atoms. The first kappa shape index (κ1) is 63.2. The minimum atomic E-state index is -0.648. The first-order valence-electron chi connectivity index (χ1n) is 39.8. The van der Waals surface area contributed by atoms with Gasteiger partial charge >= 0.3 is 0 Å².